The van der Waals surface area contributed by atoms with Crippen molar-refractivity contribution in [1.29, 1.82) is 5.26 Å². The van der Waals surface area contributed by atoms with Gasteiger partial charge in [-0.3, -0.25) is 4.68 Å². The molecule has 1 N–H and O–H groups in total. The monoisotopic (exact) mass is 240 g/mol. The van der Waals surface area contributed by atoms with Gasteiger partial charge in [0.2, 0.25) is 0 Å². The number of nitrogens with one attached hydrogen (secondary N) is 1. The van der Waals surface area contributed by atoms with E-state index in [2.05, 4.69) is 16.5 Å². The van der Waals surface area contributed by atoms with Crippen molar-refractivity contribution in [3.63, 3.8) is 0 Å². The maximum Gasteiger partial charge on any atom is 0.105 e. The first kappa shape index (κ1) is 13.0. The van der Waals surface area contributed by atoms with Crippen molar-refractivity contribution in [2.24, 2.45) is 0 Å². The lowest BCUT2D eigenvalue weighted by Gasteiger charge is -2.20. The standard InChI is InChI=1S/C11H17ClN4/c1-8-10(12)9(2)16(15-8)6-5-11(3,7-13)14-4/h14H,5-6H2,1-4H3. The van der Waals surface area contributed by atoms with Gasteiger partial charge in [0, 0.05) is 6.54 Å². The van der Waals surface area contributed by atoms with Crippen molar-refractivity contribution in [1.82, 2.24) is 15.1 Å². The molecule has 1 aromatic heterocycles. The smallest absolute Gasteiger partial charge is 0.105 e. The topological polar surface area (TPSA) is 53.6 Å². The zero-order chi connectivity index (χ0) is 12.3. The Kier molecular flexibility index (Phi) is 3.95. The number of hydrogen-bond donors (Lipinski definition) is 1. The van der Waals surface area contributed by atoms with Gasteiger partial charge in [-0.2, -0.15) is 10.4 Å². The highest BCUT2D eigenvalue weighted by Crippen LogP contribution is 2.20. The summed E-state index contributed by atoms with van der Waals surface area (Å²) in [5.74, 6) is 0. The van der Waals surface area contributed by atoms with E-state index in [1.54, 1.807) is 7.05 Å². The fourth-order valence-electron chi connectivity index (χ4n) is 1.46. The molecule has 16 heavy (non-hydrogen) atoms. The van der Waals surface area contributed by atoms with Gasteiger partial charge in [0.25, 0.3) is 0 Å². The molecule has 0 saturated carbocycles. The van der Waals surface area contributed by atoms with E-state index >= 15 is 0 Å². The molecule has 0 radical (unpaired) electrons. The number of nitrogens with zero attached hydrogens (tertiary/aromatic N) is 3. The van der Waals surface area contributed by atoms with E-state index < -0.39 is 5.54 Å². The summed E-state index contributed by atoms with van der Waals surface area (Å²) in [6.07, 6.45) is 0.693. The lowest BCUT2D eigenvalue weighted by atomic mass is 10.0. The number of aromatic nitrogens is 2. The second-order valence-electron chi connectivity index (χ2n) is 4.15. The number of rotatable bonds is 4. The maximum atomic E-state index is 9.02. The van der Waals surface area contributed by atoms with Gasteiger partial charge in [-0.05, 0) is 34.2 Å². The van der Waals surface area contributed by atoms with E-state index in [9.17, 15) is 0 Å². The minimum absolute atomic E-state index is 0.515. The van der Waals surface area contributed by atoms with Crippen molar-refractivity contribution < 1.29 is 0 Å². The molecule has 0 fully saturated rings. The molecule has 1 unspecified atom stereocenters. The first-order valence-electron chi connectivity index (χ1n) is 5.23. The van der Waals surface area contributed by atoms with Crippen LogP contribution in [0.2, 0.25) is 5.02 Å². The lowest BCUT2D eigenvalue weighted by molar-refractivity contribution is 0.405. The number of hydrogen-bond acceptors (Lipinski definition) is 3. The Morgan fingerprint density at radius 1 is 1.56 bits per heavy atom. The highest BCUT2D eigenvalue weighted by molar-refractivity contribution is 6.31. The van der Waals surface area contributed by atoms with E-state index in [0.29, 0.717) is 18.0 Å². The van der Waals surface area contributed by atoms with Gasteiger partial charge in [-0.15, -0.1) is 0 Å². The summed E-state index contributed by atoms with van der Waals surface area (Å²) < 4.78 is 1.85. The van der Waals surface area contributed by atoms with Gasteiger partial charge in [0.15, 0.2) is 0 Å². The van der Waals surface area contributed by atoms with Crippen molar-refractivity contribution in [3.8, 4) is 6.07 Å². The van der Waals surface area contributed by atoms with Crippen LogP contribution in [-0.4, -0.2) is 22.4 Å². The molecule has 1 atom stereocenters. The molecule has 1 rings (SSSR count). The first-order valence-corrected chi connectivity index (χ1v) is 5.61. The molecule has 0 saturated heterocycles. The summed E-state index contributed by atoms with van der Waals surface area (Å²) in [4.78, 5) is 0. The predicted molar refractivity (Wildman–Crippen MR) is 64.4 cm³/mol. The van der Waals surface area contributed by atoms with Crippen LogP contribution in [0.3, 0.4) is 0 Å². The molecule has 0 aliphatic rings. The van der Waals surface area contributed by atoms with Crippen LogP contribution in [0.25, 0.3) is 0 Å². The molecule has 5 heteroatoms. The number of nitriles is 1. The third-order valence-electron chi connectivity index (χ3n) is 2.92. The molecule has 1 aromatic rings. The number of halogens is 1. The average molecular weight is 241 g/mol. The Morgan fingerprint density at radius 3 is 2.56 bits per heavy atom. The van der Waals surface area contributed by atoms with Crippen molar-refractivity contribution in [3.05, 3.63) is 16.4 Å². The zero-order valence-electron chi connectivity index (χ0n) is 10.1. The SMILES string of the molecule is CNC(C)(C#N)CCn1nc(C)c(Cl)c1C. The highest BCUT2D eigenvalue weighted by Gasteiger charge is 2.21. The van der Waals surface area contributed by atoms with E-state index in [1.165, 1.54) is 0 Å². The van der Waals surface area contributed by atoms with Crippen LogP contribution in [0.4, 0.5) is 0 Å². The summed E-state index contributed by atoms with van der Waals surface area (Å²) in [6.45, 7) is 6.38. The Morgan fingerprint density at radius 2 is 2.19 bits per heavy atom. The summed E-state index contributed by atoms with van der Waals surface area (Å²) in [7, 11) is 1.79. The predicted octanol–water partition coefficient (Wildman–Crippen LogP) is 2.05. The van der Waals surface area contributed by atoms with Crippen LogP contribution >= 0.6 is 11.6 Å². The zero-order valence-corrected chi connectivity index (χ0v) is 10.9. The summed E-state index contributed by atoms with van der Waals surface area (Å²) in [5, 5.41) is 17.1. The Hall–Kier alpha value is -1.05. The van der Waals surface area contributed by atoms with Crippen LogP contribution in [0.15, 0.2) is 0 Å². The van der Waals surface area contributed by atoms with Crippen molar-refractivity contribution in [2.75, 3.05) is 7.05 Å². The third kappa shape index (κ3) is 2.55. The van der Waals surface area contributed by atoms with Gasteiger partial charge >= 0.3 is 0 Å². The average Bonchev–Trinajstić information content (AvgIpc) is 2.54. The van der Waals surface area contributed by atoms with Crippen LogP contribution in [0.5, 0.6) is 0 Å². The fourth-order valence-corrected chi connectivity index (χ4v) is 1.59. The maximum absolute atomic E-state index is 9.02. The van der Waals surface area contributed by atoms with Crippen molar-refractivity contribution in [2.45, 2.75) is 39.3 Å². The quantitative estimate of drug-likeness (QED) is 0.877. The first-order chi connectivity index (χ1) is 7.43. The van der Waals surface area contributed by atoms with Gasteiger partial charge < -0.3 is 5.32 Å². The molecule has 88 valence electrons. The fraction of sp³-hybridized carbons (Fsp3) is 0.636. The molecule has 0 aliphatic carbocycles. The molecule has 0 bridgehead atoms. The summed E-state index contributed by atoms with van der Waals surface area (Å²) in [5.41, 5.74) is 1.27. The molecule has 4 nitrogen and oxygen atoms in total. The normalized spacial score (nSPS) is 14.5. The molecule has 0 aliphatic heterocycles. The van der Waals surface area contributed by atoms with E-state index in [4.69, 9.17) is 16.9 Å². The summed E-state index contributed by atoms with van der Waals surface area (Å²) >= 11 is 6.05. The van der Waals surface area contributed by atoms with Gasteiger partial charge in [-0.25, -0.2) is 0 Å². The summed E-state index contributed by atoms with van der Waals surface area (Å²) in [6, 6.07) is 2.25. The molecule has 0 aromatic carbocycles. The van der Waals surface area contributed by atoms with E-state index in [1.807, 2.05) is 25.5 Å². The van der Waals surface area contributed by atoms with Crippen LogP contribution in [0, 0.1) is 25.2 Å². The molecule has 0 spiro atoms. The highest BCUT2D eigenvalue weighted by atomic mass is 35.5. The van der Waals surface area contributed by atoms with Gasteiger partial charge in [0.05, 0.1) is 22.5 Å². The minimum atomic E-state index is -0.515. The van der Waals surface area contributed by atoms with E-state index in [0.717, 1.165) is 11.4 Å². The minimum Gasteiger partial charge on any atom is -0.303 e. The largest absolute Gasteiger partial charge is 0.303 e. The van der Waals surface area contributed by atoms with Crippen LogP contribution < -0.4 is 5.32 Å². The Bertz CT molecular complexity index is 418. The molecular weight excluding hydrogens is 224 g/mol. The van der Waals surface area contributed by atoms with Gasteiger partial charge in [-0.1, -0.05) is 11.6 Å². The number of aryl methyl sites for hydroxylation is 2. The van der Waals surface area contributed by atoms with Gasteiger partial charge in [0.1, 0.15) is 5.54 Å². The molecular formula is C11H17ClN4. The van der Waals surface area contributed by atoms with Crippen LogP contribution in [-0.2, 0) is 6.54 Å². The second-order valence-corrected chi connectivity index (χ2v) is 4.53. The van der Waals surface area contributed by atoms with Crippen LogP contribution in [0.1, 0.15) is 24.7 Å². The molecule has 1 heterocycles. The molecule has 0 amide bonds. The Balaban J connectivity index is 2.76. The van der Waals surface area contributed by atoms with Crippen molar-refractivity contribution >= 4 is 11.6 Å². The third-order valence-corrected chi connectivity index (χ3v) is 3.46. The lowest BCUT2D eigenvalue weighted by Crippen LogP contribution is -2.39. The van der Waals surface area contributed by atoms with E-state index in [-0.39, 0.29) is 0 Å². The second kappa shape index (κ2) is 4.86. The Labute approximate surface area is 101 Å².